The van der Waals surface area contributed by atoms with Gasteiger partial charge in [0.15, 0.2) is 0 Å². The molecule has 196 valence electrons. The van der Waals surface area contributed by atoms with Gasteiger partial charge in [0.25, 0.3) is 5.91 Å². The number of carbonyl (C=O) groups is 1. The van der Waals surface area contributed by atoms with Crippen molar-refractivity contribution in [1.29, 1.82) is 0 Å². The predicted octanol–water partition coefficient (Wildman–Crippen LogP) is 4.00. The third-order valence-corrected chi connectivity index (χ3v) is 7.11. The molecule has 1 amide bonds. The molecule has 7 heteroatoms. The quantitative estimate of drug-likeness (QED) is 0.382. The van der Waals surface area contributed by atoms with Gasteiger partial charge in [0, 0.05) is 44.0 Å². The highest BCUT2D eigenvalue weighted by atomic mass is 19.1. The summed E-state index contributed by atoms with van der Waals surface area (Å²) in [6.07, 6.45) is 0.882. The van der Waals surface area contributed by atoms with Crippen LogP contribution in [0.3, 0.4) is 0 Å². The number of likely N-dealkylation sites (tertiary alicyclic amines) is 1. The number of aliphatic hydroxyl groups excluding tert-OH is 1. The van der Waals surface area contributed by atoms with Crippen LogP contribution in [0.1, 0.15) is 46.3 Å². The lowest BCUT2D eigenvalue weighted by Gasteiger charge is -2.32. The number of unbranched alkanes of at least 4 members (excludes halogenated alkanes) is 1. The van der Waals surface area contributed by atoms with E-state index in [1.807, 2.05) is 31.2 Å². The van der Waals surface area contributed by atoms with Crippen molar-refractivity contribution < 1.29 is 24.1 Å². The molecule has 3 unspecified atom stereocenters. The Balaban J connectivity index is 1.80. The normalized spacial score (nSPS) is 19.1. The number of amides is 1. The fourth-order valence-corrected chi connectivity index (χ4v) is 5.09. The predicted molar refractivity (Wildman–Crippen MR) is 142 cm³/mol. The Morgan fingerprint density at radius 1 is 1.11 bits per heavy atom. The number of ether oxygens (including phenoxy) is 1. The number of aryl methyl sites for hydroxylation is 1. The molecule has 3 aromatic rings. The van der Waals surface area contributed by atoms with E-state index in [9.17, 15) is 15.0 Å². The lowest BCUT2D eigenvalue weighted by Crippen LogP contribution is -2.33. The zero-order chi connectivity index (χ0) is 26.6. The Bertz CT molecular complexity index is 1240. The third kappa shape index (κ3) is 5.75. The number of rotatable bonds is 9. The number of benzene rings is 3. The first-order valence-electron chi connectivity index (χ1n) is 12.7. The van der Waals surface area contributed by atoms with Gasteiger partial charge in [0.1, 0.15) is 11.4 Å². The van der Waals surface area contributed by atoms with Crippen LogP contribution in [-0.2, 0) is 10.3 Å². The van der Waals surface area contributed by atoms with Gasteiger partial charge in [-0.05, 0) is 61.1 Å². The van der Waals surface area contributed by atoms with Gasteiger partial charge in [0.2, 0.25) is 0 Å². The van der Waals surface area contributed by atoms with Crippen LogP contribution in [0.5, 0.6) is 0 Å². The highest BCUT2D eigenvalue weighted by Gasteiger charge is 2.36. The first-order chi connectivity index (χ1) is 17.7. The van der Waals surface area contributed by atoms with E-state index in [1.165, 1.54) is 11.0 Å². The molecule has 1 heterocycles. The van der Waals surface area contributed by atoms with Gasteiger partial charge in [-0.15, -0.1) is 0 Å². The summed E-state index contributed by atoms with van der Waals surface area (Å²) in [5, 5.41) is 22.4. The van der Waals surface area contributed by atoms with Crippen LogP contribution in [0.2, 0.25) is 0 Å². The van der Waals surface area contributed by atoms with Crippen molar-refractivity contribution in [3.63, 3.8) is 0 Å². The van der Waals surface area contributed by atoms with Crippen molar-refractivity contribution in [3.8, 4) is 11.1 Å². The number of hydrogen-bond acceptors (Lipinski definition) is 5. The van der Waals surface area contributed by atoms with Gasteiger partial charge >= 0.3 is 0 Å². The lowest BCUT2D eigenvalue weighted by molar-refractivity contribution is 0.0650. The number of nitrogens with two attached hydrogens (primary N) is 1. The summed E-state index contributed by atoms with van der Waals surface area (Å²) < 4.78 is 20.6. The van der Waals surface area contributed by atoms with Gasteiger partial charge in [0.05, 0.1) is 6.10 Å². The molecule has 0 spiro atoms. The average Bonchev–Trinajstić information content (AvgIpc) is 3.23. The minimum atomic E-state index is -1.56. The monoisotopic (exact) mass is 506 g/mol. The van der Waals surface area contributed by atoms with Gasteiger partial charge < -0.3 is 25.6 Å². The Hall–Kier alpha value is -3.10. The molecular weight excluding hydrogens is 471 g/mol. The summed E-state index contributed by atoms with van der Waals surface area (Å²) in [4.78, 5) is 14.8. The van der Waals surface area contributed by atoms with Gasteiger partial charge in [-0.3, -0.25) is 4.79 Å². The summed E-state index contributed by atoms with van der Waals surface area (Å²) in [7, 11) is 1.63. The summed E-state index contributed by atoms with van der Waals surface area (Å²) in [5.74, 6) is -0.695. The molecule has 1 aliphatic rings. The summed E-state index contributed by atoms with van der Waals surface area (Å²) in [5.41, 5.74) is 7.66. The van der Waals surface area contributed by atoms with E-state index >= 15 is 4.39 Å². The van der Waals surface area contributed by atoms with Crippen molar-refractivity contribution >= 4 is 5.91 Å². The van der Waals surface area contributed by atoms with E-state index in [1.54, 1.807) is 43.5 Å². The van der Waals surface area contributed by atoms with Crippen LogP contribution in [-0.4, -0.2) is 60.0 Å². The maximum atomic E-state index is 15.4. The van der Waals surface area contributed by atoms with E-state index in [2.05, 4.69) is 0 Å². The minimum Gasteiger partial charge on any atom is -0.390 e. The van der Waals surface area contributed by atoms with E-state index in [4.69, 9.17) is 10.5 Å². The molecule has 0 radical (unpaired) electrons. The number of hydrogen-bond donors (Lipinski definition) is 3. The molecule has 6 nitrogen and oxygen atoms in total. The maximum absolute atomic E-state index is 15.4. The second kappa shape index (κ2) is 11.5. The van der Waals surface area contributed by atoms with Gasteiger partial charge in [-0.1, -0.05) is 54.1 Å². The molecule has 0 aliphatic carbocycles. The number of nitrogens with zero attached hydrogens (tertiary/aromatic N) is 1. The van der Waals surface area contributed by atoms with Crippen LogP contribution in [0.4, 0.5) is 4.39 Å². The maximum Gasteiger partial charge on any atom is 0.254 e. The van der Waals surface area contributed by atoms with E-state index in [0.29, 0.717) is 47.3 Å². The Labute approximate surface area is 217 Å². The Kier molecular flexibility index (Phi) is 8.39. The third-order valence-electron chi connectivity index (χ3n) is 7.11. The molecule has 1 fully saturated rings. The summed E-state index contributed by atoms with van der Waals surface area (Å²) in [6, 6.07) is 18.6. The lowest BCUT2D eigenvalue weighted by atomic mass is 9.78. The summed E-state index contributed by atoms with van der Waals surface area (Å²) >= 11 is 0. The Morgan fingerprint density at radius 3 is 2.57 bits per heavy atom. The second-order valence-corrected chi connectivity index (χ2v) is 9.86. The van der Waals surface area contributed by atoms with Crippen LogP contribution in [0.25, 0.3) is 11.1 Å². The van der Waals surface area contributed by atoms with Crippen LogP contribution < -0.4 is 5.73 Å². The molecule has 3 atom stereocenters. The van der Waals surface area contributed by atoms with E-state index in [0.717, 1.165) is 12.0 Å². The zero-order valence-corrected chi connectivity index (χ0v) is 21.4. The zero-order valence-electron chi connectivity index (χ0n) is 21.4. The number of halogens is 1. The number of methoxy groups -OCH3 is 1. The van der Waals surface area contributed by atoms with Crippen LogP contribution in [0.15, 0.2) is 66.7 Å². The molecule has 4 rings (SSSR count). The first kappa shape index (κ1) is 26.9. The van der Waals surface area contributed by atoms with Gasteiger partial charge in [-0.2, -0.15) is 0 Å². The summed E-state index contributed by atoms with van der Waals surface area (Å²) in [6.45, 7) is 2.90. The first-order valence-corrected chi connectivity index (χ1v) is 12.7. The highest BCUT2D eigenvalue weighted by molar-refractivity contribution is 5.94. The number of β-amino-alcohol motifs (C(OH)–C–C–N with tert-alkyl or cyclic N) is 1. The molecular formula is C30H35FN2O4. The fraction of sp³-hybridized carbons (Fsp3) is 0.367. The number of carbonyl (C=O) groups excluding carboxylic acids is 1. The topological polar surface area (TPSA) is 96.0 Å². The van der Waals surface area contributed by atoms with Crippen molar-refractivity contribution in [2.45, 2.75) is 43.9 Å². The standard InChI is InChI=1S/C30H35FN2O4/c1-20-8-5-9-21(16-20)28-24(12-7-13-25(28)31)30(36,14-3-4-15-37-2)23-11-6-10-22(17-23)29(35)33-18-26(32)27(34)19-33/h5-13,16-17,26-27,34,36H,3-4,14-15,18-19,32H2,1-2H3. The largest absolute Gasteiger partial charge is 0.390 e. The molecule has 37 heavy (non-hydrogen) atoms. The van der Waals surface area contributed by atoms with Crippen molar-refractivity contribution in [3.05, 3.63) is 94.8 Å². The van der Waals surface area contributed by atoms with E-state index < -0.39 is 23.6 Å². The molecule has 3 aromatic carbocycles. The van der Waals surface area contributed by atoms with Gasteiger partial charge in [-0.25, -0.2) is 4.39 Å². The average molecular weight is 507 g/mol. The SMILES string of the molecule is COCCCCC(O)(c1cccc(C(=O)N2CC(N)C(O)C2)c1)c1cccc(F)c1-c1cccc(C)c1. The second-order valence-electron chi connectivity index (χ2n) is 9.86. The van der Waals surface area contributed by atoms with E-state index in [-0.39, 0.29) is 19.0 Å². The van der Waals surface area contributed by atoms with Crippen molar-refractivity contribution in [2.75, 3.05) is 26.8 Å². The Morgan fingerprint density at radius 2 is 1.86 bits per heavy atom. The molecule has 0 aromatic heterocycles. The molecule has 4 N–H and O–H groups in total. The molecule has 1 aliphatic heterocycles. The molecule has 1 saturated heterocycles. The van der Waals surface area contributed by atoms with Crippen molar-refractivity contribution in [1.82, 2.24) is 4.90 Å². The van der Waals surface area contributed by atoms with Crippen molar-refractivity contribution in [2.24, 2.45) is 5.73 Å². The molecule has 0 saturated carbocycles. The number of aliphatic hydroxyl groups is 2. The van der Waals surface area contributed by atoms with Crippen LogP contribution in [0, 0.1) is 12.7 Å². The highest BCUT2D eigenvalue weighted by Crippen LogP contribution is 2.41. The van der Waals surface area contributed by atoms with Crippen LogP contribution >= 0.6 is 0 Å². The smallest absolute Gasteiger partial charge is 0.254 e. The minimum absolute atomic E-state index is 0.160. The fourth-order valence-electron chi connectivity index (χ4n) is 5.09. The molecule has 0 bridgehead atoms.